The summed E-state index contributed by atoms with van der Waals surface area (Å²) in [6.45, 7) is 2.19. The van der Waals surface area contributed by atoms with Crippen molar-refractivity contribution < 1.29 is 0 Å². The third-order valence-corrected chi connectivity index (χ3v) is 4.98. The first kappa shape index (κ1) is 18.2. The number of rotatable bonds is 2. The zero-order valence-corrected chi connectivity index (χ0v) is 16.2. The van der Waals surface area contributed by atoms with E-state index in [-0.39, 0.29) is 0 Å². The van der Waals surface area contributed by atoms with E-state index < -0.39 is 0 Å². The summed E-state index contributed by atoms with van der Waals surface area (Å²) in [7, 11) is 1.93. The number of aryl methyl sites for hydroxylation is 1. The number of hydrogen-bond acceptors (Lipinski definition) is 4. The summed E-state index contributed by atoms with van der Waals surface area (Å²) in [6.07, 6.45) is 9.41. The second-order valence-corrected chi connectivity index (χ2v) is 7.03. The fraction of sp³-hybridized carbons (Fsp3) is 0.261. The molecule has 5 rings (SSSR count). The van der Waals surface area contributed by atoms with Crippen molar-refractivity contribution in [1.29, 1.82) is 0 Å². The van der Waals surface area contributed by atoms with Crippen LogP contribution in [0.5, 0.6) is 0 Å². The maximum Gasteiger partial charge on any atom is 0.139 e. The van der Waals surface area contributed by atoms with Gasteiger partial charge in [0.25, 0.3) is 0 Å². The Morgan fingerprint density at radius 2 is 1.54 bits per heavy atom. The molecule has 1 aliphatic heterocycles. The van der Waals surface area contributed by atoms with Gasteiger partial charge in [-0.3, -0.25) is 4.68 Å². The lowest BCUT2D eigenvalue weighted by molar-refractivity contribution is 0.574. The van der Waals surface area contributed by atoms with Crippen molar-refractivity contribution in [3.63, 3.8) is 0 Å². The van der Waals surface area contributed by atoms with Crippen molar-refractivity contribution in [2.75, 3.05) is 18.0 Å². The number of anilines is 1. The van der Waals surface area contributed by atoms with Gasteiger partial charge in [0.1, 0.15) is 12.1 Å². The maximum absolute atomic E-state index is 4.54. The Morgan fingerprint density at radius 1 is 0.821 bits per heavy atom. The normalized spacial score (nSPS) is 13.8. The average Bonchev–Trinajstić information content (AvgIpc) is 3.21. The Morgan fingerprint density at radius 3 is 2.18 bits per heavy atom. The van der Waals surface area contributed by atoms with Crippen molar-refractivity contribution in [2.45, 2.75) is 19.3 Å². The molecule has 3 heterocycles. The van der Waals surface area contributed by atoms with E-state index in [0.29, 0.717) is 0 Å². The van der Waals surface area contributed by atoms with Crippen LogP contribution in [0.25, 0.3) is 22.0 Å². The Balaban J connectivity index is 0.000000275. The molecule has 142 valence electrons. The molecule has 1 saturated heterocycles. The summed E-state index contributed by atoms with van der Waals surface area (Å²) in [6, 6.07) is 18.4. The third-order valence-electron chi connectivity index (χ3n) is 4.98. The molecule has 2 aromatic carbocycles. The number of fused-ring (bicyclic) bond motifs is 1. The van der Waals surface area contributed by atoms with Crippen LogP contribution in [0.1, 0.15) is 19.3 Å². The van der Waals surface area contributed by atoms with Crippen LogP contribution in [0, 0.1) is 0 Å². The van der Waals surface area contributed by atoms with E-state index in [1.165, 1.54) is 19.3 Å². The molecule has 0 aliphatic carbocycles. The summed E-state index contributed by atoms with van der Waals surface area (Å²) >= 11 is 0. The minimum atomic E-state index is 0.997. The highest BCUT2D eigenvalue weighted by Gasteiger charge is 2.15. The van der Waals surface area contributed by atoms with Gasteiger partial charge in [-0.2, -0.15) is 5.10 Å². The van der Waals surface area contributed by atoms with Gasteiger partial charge in [-0.15, -0.1) is 0 Å². The first-order valence-corrected chi connectivity index (χ1v) is 9.80. The fourth-order valence-electron chi connectivity index (χ4n) is 3.54. The van der Waals surface area contributed by atoms with Crippen LogP contribution in [-0.4, -0.2) is 32.8 Å². The molecule has 0 N–H and O–H groups in total. The quantitative estimate of drug-likeness (QED) is 0.512. The first-order valence-electron chi connectivity index (χ1n) is 9.80. The minimum absolute atomic E-state index is 0.997. The molecule has 0 bridgehead atoms. The lowest BCUT2D eigenvalue weighted by atomic mass is 10.1. The molecule has 1 aliphatic rings. The van der Waals surface area contributed by atoms with E-state index >= 15 is 0 Å². The summed E-state index contributed by atoms with van der Waals surface area (Å²) < 4.78 is 1.82. The lowest BCUT2D eigenvalue weighted by Gasteiger charge is -2.28. The first-order chi connectivity index (χ1) is 13.8. The van der Waals surface area contributed by atoms with Gasteiger partial charge in [-0.1, -0.05) is 42.5 Å². The highest BCUT2D eigenvalue weighted by molar-refractivity contribution is 5.92. The molecule has 5 heteroatoms. The molecule has 4 aromatic rings. The highest BCUT2D eigenvalue weighted by atomic mass is 15.2. The Bertz CT molecular complexity index is 993. The van der Waals surface area contributed by atoms with Gasteiger partial charge in [0.2, 0.25) is 0 Å². The number of piperidine rings is 1. The van der Waals surface area contributed by atoms with Crippen LogP contribution in [0.3, 0.4) is 0 Å². The van der Waals surface area contributed by atoms with Gasteiger partial charge < -0.3 is 4.90 Å². The van der Waals surface area contributed by atoms with Crippen molar-refractivity contribution in [3.05, 3.63) is 73.3 Å². The smallest absolute Gasteiger partial charge is 0.139 e. The van der Waals surface area contributed by atoms with Crippen molar-refractivity contribution in [3.8, 4) is 11.1 Å². The Kier molecular flexibility index (Phi) is 5.61. The highest BCUT2D eigenvalue weighted by Crippen LogP contribution is 2.29. The van der Waals surface area contributed by atoms with Crippen LogP contribution >= 0.6 is 0 Å². The second-order valence-electron chi connectivity index (χ2n) is 7.03. The second kappa shape index (κ2) is 8.65. The van der Waals surface area contributed by atoms with E-state index in [9.17, 15) is 0 Å². The molecule has 1 fully saturated rings. The topological polar surface area (TPSA) is 46.8 Å². The molecule has 0 amide bonds. The largest absolute Gasteiger partial charge is 0.356 e. The Labute approximate surface area is 165 Å². The maximum atomic E-state index is 4.54. The molecule has 0 radical (unpaired) electrons. The zero-order chi connectivity index (χ0) is 19.2. The zero-order valence-electron chi connectivity index (χ0n) is 16.2. The van der Waals surface area contributed by atoms with Crippen molar-refractivity contribution >= 4 is 16.7 Å². The van der Waals surface area contributed by atoms with Crippen LogP contribution in [-0.2, 0) is 7.05 Å². The Hall–Kier alpha value is -3.21. The molecule has 2 aromatic heterocycles. The number of hydrogen-bond donors (Lipinski definition) is 0. The number of benzene rings is 2. The molecular formula is C23H25N5. The van der Waals surface area contributed by atoms with Crippen LogP contribution in [0.2, 0.25) is 0 Å². The molecule has 0 atom stereocenters. The van der Waals surface area contributed by atoms with Gasteiger partial charge in [-0.25, -0.2) is 9.97 Å². The standard InChI is InChI=1S/C17H19N5.C6H6/c1-21-11-14(10-20-21)13-5-6-15-16(9-13)18-12-19-17(15)22-7-3-2-4-8-22;1-2-4-6-5-3-1/h5-6,9-12H,2-4,7-8H2,1H3;1-6H. The van der Waals surface area contributed by atoms with Crippen LogP contribution < -0.4 is 4.90 Å². The van der Waals surface area contributed by atoms with Crippen LogP contribution in [0.4, 0.5) is 5.82 Å². The molecule has 0 unspecified atom stereocenters. The third kappa shape index (κ3) is 4.19. The summed E-state index contributed by atoms with van der Waals surface area (Å²) in [4.78, 5) is 11.4. The predicted octanol–water partition coefficient (Wildman–Crippen LogP) is 4.71. The molecule has 0 saturated carbocycles. The monoisotopic (exact) mass is 371 g/mol. The van der Waals surface area contributed by atoms with Gasteiger partial charge in [0, 0.05) is 37.3 Å². The summed E-state index contributed by atoms with van der Waals surface area (Å²) in [5.41, 5.74) is 3.25. The van der Waals surface area contributed by atoms with Crippen LogP contribution in [0.15, 0.2) is 73.3 Å². The van der Waals surface area contributed by atoms with Gasteiger partial charge >= 0.3 is 0 Å². The average molecular weight is 371 g/mol. The molecule has 0 spiro atoms. The van der Waals surface area contributed by atoms with E-state index in [1.807, 2.05) is 60.5 Å². The van der Waals surface area contributed by atoms with Crippen molar-refractivity contribution in [2.24, 2.45) is 7.05 Å². The van der Waals surface area contributed by atoms with Gasteiger partial charge in [0.05, 0.1) is 11.7 Å². The van der Waals surface area contributed by atoms with E-state index in [0.717, 1.165) is 40.9 Å². The summed E-state index contributed by atoms with van der Waals surface area (Å²) in [5, 5.41) is 5.38. The predicted molar refractivity (Wildman–Crippen MR) is 114 cm³/mol. The summed E-state index contributed by atoms with van der Waals surface area (Å²) in [5.74, 6) is 1.07. The van der Waals surface area contributed by atoms with Gasteiger partial charge in [-0.05, 0) is 37.0 Å². The number of nitrogens with zero attached hydrogens (tertiary/aromatic N) is 5. The van der Waals surface area contributed by atoms with Gasteiger partial charge in [0.15, 0.2) is 0 Å². The SMILES string of the molecule is Cn1cc(-c2ccc3c(N4CCCCC4)ncnc3c2)cn1.c1ccccc1. The minimum Gasteiger partial charge on any atom is -0.356 e. The van der Waals surface area contributed by atoms with E-state index in [2.05, 4.69) is 38.2 Å². The van der Waals surface area contributed by atoms with E-state index in [1.54, 1.807) is 6.33 Å². The lowest BCUT2D eigenvalue weighted by Crippen LogP contribution is -2.30. The molecular weight excluding hydrogens is 346 g/mol. The van der Waals surface area contributed by atoms with E-state index in [4.69, 9.17) is 0 Å². The van der Waals surface area contributed by atoms with Crippen molar-refractivity contribution in [1.82, 2.24) is 19.7 Å². The number of aromatic nitrogens is 4. The fourth-order valence-corrected chi connectivity index (χ4v) is 3.54. The molecule has 28 heavy (non-hydrogen) atoms. The molecule has 5 nitrogen and oxygen atoms in total.